The van der Waals surface area contributed by atoms with Gasteiger partial charge in [0.15, 0.2) is 5.76 Å². The molecule has 4 rings (SSSR count). The van der Waals surface area contributed by atoms with Gasteiger partial charge >= 0.3 is 0 Å². The maximum Gasteiger partial charge on any atom is 0.171 e. The van der Waals surface area contributed by atoms with E-state index >= 15 is 0 Å². The standard InChI is InChI=1S/C21H18ClN3O2/c1-12-11-17(27-25-12)18-19(23)21(14-3-7-15(22)8-4-14)24-20(18)13-5-9-16(26-2)10-6-13/h3-11,24H,23H2,1-2H3. The predicted molar refractivity (Wildman–Crippen MR) is 108 cm³/mol. The van der Waals surface area contributed by atoms with E-state index in [0.717, 1.165) is 39.5 Å². The molecule has 2 aromatic heterocycles. The predicted octanol–water partition coefficient (Wildman–Crippen LogP) is 5.56. The van der Waals surface area contributed by atoms with Crippen LogP contribution < -0.4 is 10.5 Å². The van der Waals surface area contributed by atoms with Crippen molar-refractivity contribution in [1.82, 2.24) is 10.1 Å². The molecule has 0 amide bonds. The molecule has 0 atom stereocenters. The van der Waals surface area contributed by atoms with Gasteiger partial charge in [-0.2, -0.15) is 0 Å². The van der Waals surface area contributed by atoms with Crippen LogP contribution in [-0.4, -0.2) is 17.3 Å². The second-order valence-electron chi connectivity index (χ2n) is 6.23. The second-order valence-corrected chi connectivity index (χ2v) is 6.67. The number of hydrogen-bond acceptors (Lipinski definition) is 4. The lowest BCUT2D eigenvalue weighted by Crippen LogP contribution is -1.89. The van der Waals surface area contributed by atoms with Gasteiger partial charge in [0.05, 0.1) is 35.4 Å². The van der Waals surface area contributed by atoms with Gasteiger partial charge in [-0.25, -0.2) is 0 Å². The summed E-state index contributed by atoms with van der Waals surface area (Å²) >= 11 is 6.02. The van der Waals surface area contributed by atoms with E-state index in [1.165, 1.54) is 0 Å². The molecule has 136 valence electrons. The topological polar surface area (TPSA) is 77.1 Å². The molecular weight excluding hydrogens is 362 g/mol. The SMILES string of the molecule is COc1ccc(-c2[nH]c(-c3ccc(Cl)cc3)c(N)c2-c2cc(C)no2)cc1. The Bertz CT molecular complexity index is 1080. The van der Waals surface area contributed by atoms with E-state index in [1.807, 2.05) is 61.5 Å². The van der Waals surface area contributed by atoms with Gasteiger partial charge in [0.2, 0.25) is 0 Å². The van der Waals surface area contributed by atoms with Crippen LogP contribution in [0.3, 0.4) is 0 Å². The van der Waals surface area contributed by atoms with Gasteiger partial charge < -0.3 is 20.0 Å². The quantitative estimate of drug-likeness (QED) is 0.487. The summed E-state index contributed by atoms with van der Waals surface area (Å²) in [6.07, 6.45) is 0. The van der Waals surface area contributed by atoms with E-state index in [0.29, 0.717) is 16.5 Å². The van der Waals surface area contributed by atoms with E-state index in [1.54, 1.807) is 7.11 Å². The Morgan fingerprint density at radius 3 is 2.22 bits per heavy atom. The third kappa shape index (κ3) is 3.17. The third-order valence-corrected chi connectivity index (χ3v) is 4.68. The highest BCUT2D eigenvalue weighted by Gasteiger charge is 2.22. The second kappa shape index (κ2) is 6.85. The van der Waals surface area contributed by atoms with Crippen LogP contribution in [0, 0.1) is 6.92 Å². The molecule has 6 heteroatoms. The Balaban J connectivity index is 1.92. The van der Waals surface area contributed by atoms with Crippen molar-refractivity contribution in [3.8, 4) is 39.6 Å². The first kappa shape index (κ1) is 17.2. The maximum atomic E-state index is 6.53. The molecule has 0 saturated carbocycles. The van der Waals surface area contributed by atoms with Gasteiger partial charge in [-0.05, 0) is 48.9 Å². The number of nitrogens with one attached hydrogen (secondary N) is 1. The van der Waals surface area contributed by atoms with Crippen LogP contribution in [0.25, 0.3) is 33.8 Å². The average molecular weight is 380 g/mol. The summed E-state index contributed by atoms with van der Waals surface area (Å²) in [7, 11) is 1.64. The zero-order valence-electron chi connectivity index (χ0n) is 14.9. The van der Waals surface area contributed by atoms with Gasteiger partial charge in [-0.3, -0.25) is 0 Å². The zero-order chi connectivity index (χ0) is 19.0. The van der Waals surface area contributed by atoms with Crippen LogP contribution in [-0.2, 0) is 0 Å². The fourth-order valence-electron chi connectivity index (χ4n) is 3.07. The summed E-state index contributed by atoms with van der Waals surface area (Å²) in [6, 6.07) is 17.2. The van der Waals surface area contributed by atoms with E-state index in [-0.39, 0.29) is 0 Å². The maximum absolute atomic E-state index is 6.53. The molecule has 0 aliphatic rings. The molecule has 0 aliphatic heterocycles. The van der Waals surface area contributed by atoms with Crippen LogP contribution in [0.4, 0.5) is 5.69 Å². The van der Waals surface area contributed by atoms with Crippen LogP contribution in [0.5, 0.6) is 5.75 Å². The summed E-state index contributed by atoms with van der Waals surface area (Å²) in [5.41, 5.74) is 12.3. The molecule has 2 heterocycles. The van der Waals surface area contributed by atoms with Crippen LogP contribution in [0.2, 0.25) is 5.02 Å². The van der Waals surface area contributed by atoms with Crippen molar-refractivity contribution >= 4 is 17.3 Å². The highest BCUT2D eigenvalue weighted by Crippen LogP contribution is 2.43. The molecule has 0 saturated heterocycles. The van der Waals surface area contributed by atoms with E-state index in [9.17, 15) is 0 Å². The first-order valence-corrected chi connectivity index (χ1v) is 8.80. The van der Waals surface area contributed by atoms with E-state index in [2.05, 4.69) is 10.1 Å². The van der Waals surface area contributed by atoms with Crippen LogP contribution in [0.1, 0.15) is 5.69 Å². The van der Waals surface area contributed by atoms with Gasteiger partial charge in [-0.1, -0.05) is 28.9 Å². The smallest absolute Gasteiger partial charge is 0.171 e. The molecule has 0 fully saturated rings. The minimum absolute atomic E-state index is 0.597. The van der Waals surface area contributed by atoms with Crippen molar-refractivity contribution in [2.75, 3.05) is 12.8 Å². The Hall–Kier alpha value is -3.18. The Labute approximate surface area is 161 Å². The Morgan fingerprint density at radius 2 is 1.63 bits per heavy atom. The zero-order valence-corrected chi connectivity index (χ0v) is 15.7. The lowest BCUT2D eigenvalue weighted by molar-refractivity contribution is 0.415. The number of aryl methyl sites for hydroxylation is 1. The number of ether oxygens (including phenoxy) is 1. The number of aromatic nitrogens is 2. The molecule has 0 radical (unpaired) electrons. The van der Waals surface area contributed by atoms with Crippen molar-refractivity contribution in [2.45, 2.75) is 6.92 Å². The third-order valence-electron chi connectivity index (χ3n) is 4.42. The molecule has 4 aromatic rings. The molecule has 0 spiro atoms. The Morgan fingerprint density at radius 1 is 1.00 bits per heavy atom. The van der Waals surface area contributed by atoms with Crippen molar-refractivity contribution < 1.29 is 9.26 Å². The fraction of sp³-hybridized carbons (Fsp3) is 0.0952. The minimum Gasteiger partial charge on any atom is -0.497 e. The molecule has 3 N–H and O–H groups in total. The molecule has 0 bridgehead atoms. The number of nitrogens with zero attached hydrogens (tertiary/aromatic N) is 1. The minimum atomic E-state index is 0.597. The van der Waals surface area contributed by atoms with Gasteiger partial charge in [0.1, 0.15) is 5.75 Å². The Kier molecular flexibility index (Phi) is 4.38. The molecule has 27 heavy (non-hydrogen) atoms. The molecule has 0 aliphatic carbocycles. The molecule has 5 nitrogen and oxygen atoms in total. The number of benzene rings is 2. The summed E-state index contributed by atoms with van der Waals surface area (Å²) in [5, 5.41) is 4.68. The van der Waals surface area contributed by atoms with Gasteiger partial charge in [0.25, 0.3) is 0 Å². The monoisotopic (exact) mass is 379 g/mol. The molecule has 2 aromatic carbocycles. The van der Waals surface area contributed by atoms with Crippen LogP contribution >= 0.6 is 11.6 Å². The van der Waals surface area contributed by atoms with Gasteiger partial charge in [0, 0.05) is 16.7 Å². The highest BCUT2D eigenvalue weighted by atomic mass is 35.5. The number of hydrogen-bond donors (Lipinski definition) is 2. The number of H-pyrrole nitrogens is 1. The fourth-order valence-corrected chi connectivity index (χ4v) is 3.20. The summed E-state index contributed by atoms with van der Waals surface area (Å²) in [6.45, 7) is 1.88. The number of nitrogen functional groups attached to an aromatic ring is 1. The number of rotatable bonds is 4. The number of anilines is 1. The first-order valence-electron chi connectivity index (χ1n) is 8.42. The van der Waals surface area contributed by atoms with E-state index in [4.69, 9.17) is 26.6 Å². The molecule has 0 unspecified atom stereocenters. The normalized spacial score (nSPS) is 10.9. The van der Waals surface area contributed by atoms with E-state index < -0.39 is 0 Å². The largest absolute Gasteiger partial charge is 0.497 e. The summed E-state index contributed by atoms with van der Waals surface area (Å²) in [5.74, 6) is 1.40. The molecular formula is C21H18ClN3O2. The van der Waals surface area contributed by atoms with Gasteiger partial charge in [-0.15, -0.1) is 0 Å². The number of halogens is 1. The van der Waals surface area contributed by atoms with Crippen molar-refractivity contribution in [3.05, 3.63) is 65.3 Å². The van der Waals surface area contributed by atoms with Crippen molar-refractivity contribution in [3.63, 3.8) is 0 Å². The van der Waals surface area contributed by atoms with Crippen LogP contribution in [0.15, 0.2) is 59.1 Å². The first-order chi connectivity index (χ1) is 13.1. The van der Waals surface area contributed by atoms with Crippen molar-refractivity contribution in [1.29, 1.82) is 0 Å². The lowest BCUT2D eigenvalue weighted by Gasteiger charge is -2.04. The number of aromatic amines is 1. The van der Waals surface area contributed by atoms with Crippen molar-refractivity contribution in [2.24, 2.45) is 0 Å². The number of nitrogens with two attached hydrogens (primary N) is 1. The number of methoxy groups -OCH3 is 1. The highest BCUT2D eigenvalue weighted by molar-refractivity contribution is 6.30. The summed E-state index contributed by atoms with van der Waals surface area (Å²) in [4.78, 5) is 3.45. The average Bonchev–Trinajstić information content (AvgIpc) is 3.25. The lowest BCUT2D eigenvalue weighted by atomic mass is 10.0. The summed E-state index contributed by atoms with van der Waals surface area (Å²) < 4.78 is 10.8.